The monoisotopic (exact) mass is 375 g/mol. The first-order chi connectivity index (χ1) is 12.2. The summed E-state index contributed by atoms with van der Waals surface area (Å²) >= 11 is 7.29. The number of aromatic nitrogens is 4. The highest BCUT2D eigenvalue weighted by Gasteiger charge is 2.26. The molecule has 0 saturated carbocycles. The van der Waals surface area contributed by atoms with E-state index in [1.807, 2.05) is 35.2 Å². The maximum atomic E-state index is 11.7. The second-order valence-electron chi connectivity index (χ2n) is 5.49. The molecule has 25 heavy (non-hydrogen) atoms. The molecule has 0 aliphatic carbocycles. The Morgan fingerprint density at radius 1 is 1.24 bits per heavy atom. The van der Waals surface area contributed by atoms with Gasteiger partial charge in [0.05, 0.1) is 13.7 Å². The highest BCUT2D eigenvalue weighted by atomic mass is 35.5. The minimum atomic E-state index is -0.472. The lowest BCUT2D eigenvalue weighted by Gasteiger charge is -2.27. The first-order valence-electron chi connectivity index (χ1n) is 7.64. The van der Waals surface area contributed by atoms with Gasteiger partial charge in [-0.05, 0) is 0 Å². The average molecular weight is 376 g/mol. The number of fused-ring (bicyclic) bond motifs is 1. The number of anilines is 1. The number of rotatable bonds is 3. The molecule has 0 spiro atoms. The second kappa shape index (κ2) is 6.45. The molecule has 0 saturated heterocycles. The van der Waals surface area contributed by atoms with Crippen molar-refractivity contribution in [3.05, 3.63) is 46.2 Å². The van der Waals surface area contributed by atoms with Crippen LogP contribution in [0.25, 0.3) is 11.4 Å². The van der Waals surface area contributed by atoms with Crippen LogP contribution < -0.4 is 4.90 Å². The second-order valence-corrected chi connectivity index (χ2v) is 6.82. The summed E-state index contributed by atoms with van der Waals surface area (Å²) in [7, 11) is 1.33. The molecular weight excluding hydrogens is 362 g/mol. The first kappa shape index (κ1) is 16.0. The number of methoxy groups -OCH3 is 1. The molecule has 0 atom stereocenters. The Hall–Kier alpha value is -2.45. The number of benzene rings is 1. The van der Waals surface area contributed by atoms with Crippen LogP contribution in [0.3, 0.4) is 0 Å². The molecule has 0 amide bonds. The van der Waals surface area contributed by atoms with Crippen LogP contribution in [0, 0.1) is 0 Å². The van der Waals surface area contributed by atoms with Crippen LogP contribution in [-0.2, 0) is 17.8 Å². The third kappa shape index (κ3) is 2.87. The van der Waals surface area contributed by atoms with Crippen LogP contribution in [-0.4, -0.2) is 39.4 Å². The quantitative estimate of drug-likeness (QED) is 0.655. The minimum Gasteiger partial charge on any atom is -0.465 e. The van der Waals surface area contributed by atoms with Crippen molar-refractivity contribution in [3.8, 4) is 11.4 Å². The van der Waals surface area contributed by atoms with E-state index in [1.165, 1.54) is 18.4 Å². The molecule has 0 unspecified atom stereocenters. The molecule has 1 aromatic carbocycles. The summed E-state index contributed by atoms with van der Waals surface area (Å²) in [5.41, 5.74) is 1.04. The summed E-state index contributed by atoms with van der Waals surface area (Å²) in [5, 5.41) is 9.49. The zero-order valence-electron chi connectivity index (χ0n) is 13.3. The molecule has 1 aliphatic rings. The molecule has 4 rings (SSSR count). The van der Waals surface area contributed by atoms with Gasteiger partial charge in [-0.1, -0.05) is 53.3 Å². The normalized spacial score (nSPS) is 13.6. The van der Waals surface area contributed by atoms with Crippen molar-refractivity contribution in [2.75, 3.05) is 18.6 Å². The average Bonchev–Trinajstić information content (AvgIpc) is 3.25. The number of esters is 1. The highest BCUT2D eigenvalue weighted by Crippen LogP contribution is 2.32. The van der Waals surface area contributed by atoms with Crippen molar-refractivity contribution in [3.63, 3.8) is 0 Å². The molecule has 0 bridgehead atoms. The number of ether oxygens (including phenoxy) is 1. The van der Waals surface area contributed by atoms with E-state index < -0.39 is 5.97 Å². The summed E-state index contributed by atoms with van der Waals surface area (Å²) < 4.78 is 6.84. The maximum absolute atomic E-state index is 11.7. The number of hydrogen-bond donors (Lipinski definition) is 0. The summed E-state index contributed by atoms with van der Waals surface area (Å²) in [6, 6.07) is 9.99. The van der Waals surface area contributed by atoms with E-state index in [1.54, 1.807) is 0 Å². The van der Waals surface area contributed by atoms with Crippen LogP contribution in [0.4, 0.5) is 5.13 Å². The number of carbonyl (C=O) groups is 1. The third-order valence-corrected chi connectivity index (χ3v) is 5.48. The van der Waals surface area contributed by atoms with E-state index in [4.69, 9.17) is 16.3 Å². The fourth-order valence-electron chi connectivity index (χ4n) is 2.77. The molecule has 128 valence electrons. The van der Waals surface area contributed by atoms with Crippen molar-refractivity contribution < 1.29 is 9.53 Å². The standard InChI is InChI=1S/C16H14ClN5O2S/c1-24-15(23)12-13(17)18-16(25-12)21-7-8-22-11(9-21)19-20-14(22)10-5-3-2-4-6-10/h2-6H,7-9H2,1H3. The van der Waals surface area contributed by atoms with Crippen LogP contribution in [0.5, 0.6) is 0 Å². The molecule has 3 aromatic rings. The Balaban J connectivity index is 1.60. The van der Waals surface area contributed by atoms with Gasteiger partial charge >= 0.3 is 5.97 Å². The largest absolute Gasteiger partial charge is 0.465 e. The van der Waals surface area contributed by atoms with Gasteiger partial charge in [0.15, 0.2) is 26.8 Å². The molecule has 0 radical (unpaired) electrons. The lowest BCUT2D eigenvalue weighted by molar-refractivity contribution is 0.0606. The Labute approximate surface area is 152 Å². The zero-order valence-corrected chi connectivity index (χ0v) is 14.9. The minimum absolute atomic E-state index is 0.170. The van der Waals surface area contributed by atoms with Gasteiger partial charge in [0, 0.05) is 18.7 Å². The summed E-state index contributed by atoms with van der Waals surface area (Å²) in [6.07, 6.45) is 0. The Morgan fingerprint density at radius 2 is 2.04 bits per heavy atom. The van der Waals surface area contributed by atoms with E-state index >= 15 is 0 Å². The number of hydrogen-bond acceptors (Lipinski definition) is 7. The first-order valence-corrected chi connectivity index (χ1v) is 8.84. The molecule has 0 fully saturated rings. The molecule has 0 N–H and O–H groups in total. The van der Waals surface area contributed by atoms with Crippen molar-refractivity contribution >= 4 is 34.0 Å². The molecule has 1 aliphatic heterocycles. The van der Waals surface area contributed by atoms with Gasteiger partial charge in [0.2, 0.25) is 0 Å². The van der Waals surface area contributed by atoms with Gasteiger partial charge in [-0.2, -0.15) is 0 Å². The van der Waals surface area contributed by atoms with Gasteiger partial charge < -0.3 is 14.2 Å². The highest BCUT2D eigenvalue weighted by molar-refractivity contribution is 7.18. The number of carbonyl (C=O) groups excluding carboxylic acids is 1. The fourth-order valence-corrected chi connectivity index (χ4v) is 3.99. The molecule has 7 nitrogen and oxygen atoms in total. The fraction of sp³-hybridized carbons (Fsp3) is 0.250. The summed E-state index contributed by atoms with van der Waals surface area (Å²) in [4.78, 5) is 18.4. The van der Waals surface area contributed by atoms with Gasteiger partial charge in [-0.15, -0.1) is 10.2 Å². The van der Waals surface area contributed by atoms with Gasteiger partial charge in [0.25, 0.3) is 0 Å². The van der Waals surface area contributed by atoms with Crippen LogP contribution in [0.2, 0.25) is 5.15 Å². The van der Waals surface area contributed by atoms with Crippen molar-refractivity contribution in [1.29, 1.82) is 0 Å². The molecule has 2 aromatic heterocycles. The van der Waals surface area contributed by atoms with Crippen LogP contribution in [0.1, 0.15) is 15.5 Å². The Morgan fingerprint density at radius 3 is 2.80 bits per heavy atom. The maximum Gasteiger partial charge on any atom is 0.351 e. The van der Waals surface area contributed by atoms with Crippen molar-refractivity contribution in [1.82, 2.24) is 19.7 Å². The van der Waals surface area contributed by atoms with E-state index in [-0.39, 0.29) is 5.15 Å². The zero-order chi connectivity index (χ0) is 17.4. The summed E-state index contributed by atoms with van der Waals surface area (Å²) in [5.74, 6) is 1.25. The lowest BCUT2D eigenvalue weighted by atomic mass is 10.2. The van der Waals surface area contributed by atoms with E-state index in [9.17, 15) is 4.79 Å². The van der Waals surface area contributed by atoms with E-state index in [2.05, 4.69) is 19.7 Å². The molecule has 9 heteroatoms. The van der Waals surface area contributed by atoms with Crippen LogP contribution >= 0.6 is 22.9 Å². The molecule has 3 heterocycles. The van der Waals surface area contributed by atoms with Gasteiger partial charge in [0.1, 0.15) is 0 Å². The third-order valence-electron chi connectivity index (χ3n) is 4.00. The lowest BCUT2D eigenvalue weighted by Crippen LogP contribution is -2.33. The predicted octanol–water partition coefficient (Wildman–Crippen LogP) is 2.86. The molecular formula is C16H14ClN5O2S. The smallest absolute Gasteiger partial charge is 0.351 e. The van der Waals surface area contributed by atoms with Crippen molar-refractivity contribution in [2.45, 2.75) is 13.1 Å². The topological polar surface area (TPSA) is 73.1 Å². The number of halogens is 1. The summed E-state index contributed by atoms with van der Waals surface area (Å²) in [6.45, 7) is 2.02. The SMILES string of the molecule is COC(=O)c1sc(N2CCn3c(nnc3-c3ccccc3)C2)nc1Cl. The van der Waals surface area contributed by atoms with E-state index in [0.29, 0.717) is 16.6 Å². The van der Waals surface area contributed by atoms with E-state index in [0.717, 1.165) is 30.3 Å². The predicted molar refractivity (Wildman–Crippen MR) is 95.0 cm³/mol. The van der Waals surface area contributed by atoms with Crippen LogP contribution in [0.15, 0.2) is 30.3 Å². The Kier molecular flexibility index (Phi) is 4.14. The van der Waals surface area contributed by atoms with Crippen molar-refractivity contribution in [2.24, 2.45) is 0 Å². The Bertz CT molecular complexity index is 924. The van der Waals surface area contributed by atoms with Gasteiger partial charge in [-0.3, -0.25) is 0 Å². The number of thiazole rings is 1. The number of nitrogens with zero attached hydrogens (tertiary/aromatic N) is 5. The van der Waals surface area contributed by atoms with Gasteiger partial charge in [-0.25, -0.2) is 9.78 Å².